The van der Waals surface area contributed by atoms with Gasteiger partial charge in [0, 0.05) is 0 Å². The number of hydrogen-bond acceptors (Lipinski definition) is 2. The number of nitrogen functional groups attached to an aromatic ring is 1. The molecule has 0 unspecified atom stereocenters. The first kappa shape index (κ1) is 9.37. The highest BCUT2D eigenvalue weighted by Crippen LogP contribution is 2.23. The second-order valence-corrected chi connectivity index (χ2v) is 3.57. The highest BCUT2D eigenvalue weighted by molar-refractivity contribution is 6.33. The quantitative estimate of drug-likeness (QED) is 0.815. The van der Waals surface area contributed by atoms with Crippen LogP contribution < -0.4 is 5.73 Å². The molecule has 0 amide bonds. The summed E-state index contributed by atoms with van der Waals surface area (Å²) < 4.78 is 1.56. The van der Waals surface area contributed by atoms with E-state index in [1.165, 1.54) is 0 Å². The number of anilines is 1. The molecule has 5 heteroatoms. The molecule has 1 aromatic carbocycles. The van der Waals surface area contributed by atoms with Crippen LogP contribution in [0.15, 0.2) is 30.5 Å². The van der Waals surface area contributed by atoms with E-state index >= 15 is 0 Å². The van der Waals surface area contributed by atoms with Crippen LogP contribution in [-0.4, -0.2) is 9.78 Å². The lowest BCUT2D eigenvalue weighted by atomic mass is 10.3. The molecule has 2 N–H and O–H groups in total. The van der Waals surface area contributed by atoms with Crippen LogP contribution in [0.1, 0.15) is 0 Å². The summed E-state index contributed by atoms with van der Waals surface area (Å²) in [5, 5.41) is 5.04. The van der Waals surface area contributed by atoms with Gasteiger partial charge in [-0.2, -0.15) is 0 Å². The molecule has 0 saturated heterocycles. The van der Waals surface area contributed by atoms with E-state index < -0.39 is 0 Å². The Hall–Kier alpha value is -1.19. The van der Waals surface area contributed by atoms with Gasteiger partial charge in [0.2, 0.25) is 0 Å². The molecule has 0 radical (unpaired) electrons. The van der Waals surface area contributed by atoms with E-state index in [9.17, 15) is 0 Å². The molecule has 0 bridgehead atoms. The minimum atomic E-state index is 0.298. The highest BCUT2D eigenvalue weighted by Gasteiger charge is 2.06. The Morgan fingerprint density at radius 3 is 2.43 bits per heavy atom. The van der Waals surface area contributed by atoms with E-state index in [2.05, 4.69) is 5.10 Å². The van der Waals surface area contributed by atoms with Crippen LogP contribution in [0.4, 0.5) is 5.82 Å². The largest absolute Gasteiger partial charge is 0.381 e. The summed E-state index contributed by atoms with van der Waals surface area (Å²) >= 11 is 11.8. The van der Waals surface area contributed by atoms with Crippen LogP contribution in [0, 0.1) is 0 Å². The van der Waals surface area contributed by atoms with Gasteiger partial charge in [0.25, 0.3) is 0 Å². The number of nitrogens with two attached hydrogens (primary N) is 1. The molecule has 0 aliphatic heterocycles. The molecular formula is C9H7Cl2N3. The zero-order valence-electron chi connectivity index (χ0n) is 7.11. The number of rotatable bonds is 1. The van der Waals surface area contributed by atoms with Crippen LogP contribution >= 0.6 is 23.2 Å². The van der Waals surface area contributed by atoms with Crippen LogP contribution in [0.5, 0.6) is 0 Å². The average molecular weight is 228 g/mol. The summed E-state index contributed by atoms with van der Waals surface area (Å²) in [6, 6.07) is 7.33. The van der Waals surface area contributed by atoms with Gasteiger partial charge in [-0.15, -0.1) is 5.10 Å². The minimum Gasteiger partial charge on any atom is -0.381 e. The van der Waals surface area contributed by atoms with Gasteiger partial charge in [-0.3, -0.25) is 0 Å². The summed E-state index contributed by atoms with van der Waals surface area (Å²) in [6.07, 6.45) is 1.62. The van der Waals surface area contributed by atoms with E-state index in [-0.39, 0.29) is 0 Å². The first-order chi connectivity index (χ1) is 6.68. The molecule has 1 heterocycles. The Morgan fingerprint density at radius 1 is 1.14 bits per heavy atom. The Kier molecular flexibility index (Phi) is 2.35. The zero-order valence-corrected chi connectivity index (χ0v) is 8.63. The van der Waals surface area contributed by atoms with Gasteiger partial charge in [-0.05, 0) is 12.1 Å². The molecule has 0 aliphatic rings. The third kappa shape index (κ3) is 1.56. The summed E-state index contributed by atoms with van der Waals surface area (Å²) in [6.45, 7) is 0. The van der Waals surface area contributed by atoms with Crippen molar-refractivity contribution in [2.75, 3.05) is 5.73 Å². The third-order valence-electron chi connectivity index (χ3n) is 1.80. The Labute approximate surface area is 91.0 Å². The standard InChI is InChI=1S/C9H7Cl2N3/c10-6-3-1-2-4-8(6)14-5-7(11)9(12)13-14/h1-5H,(H2,12,13). The Balaban J connectivity index is 2.55. The number of para-hydroxylation sites is 1. The van der Waals surface area contributed by atoms with Gasteiger partial charge in [0.1, 0.15) is 5.02 Å². The Bertz CT molecular complexity index is 445. The van der Waals surface area contributed by atoms with Gasteiger partial charge in [0.05, 0.1) is 16.9 Å². The van der Waals surface area contributed by atoms with Crippen molar-refractivity contribution in [3.05, 3.63) is 40.5 Å². The highest BCUT2D eigenvalue weighted by atomic mass is 35.5. The molecule has 1 aromatic heterocycles. The molecule has 14 heavy (non-hydrogen) atoms. The molecule has 0 spiro atoms. The van der Waals surface area contributed by atoms with Gasteiger partial charge < -0.3 is 5.73 Å². The molecule has 3 nitrogen and oxygen atoms in total. The van der Waals surface area contributed by atoms with E-state index in [1.54, 1.807) is 16.9 Å². The summed E-state index contributed by atoms with van der Waals surface area (Å²) in [5.74, 6) is 0.298. The number of nitrogens with zero attached hydrogens (tertiary/aromatic N) is 2. The maximum Gasteiger partial charge on any atom is 0.164 e. The van der Waals surface area contributed by atoms with Crippen LogP contribution in [0.2, 0.25) is 10.0 Å². The van der Waals surface area contributed by atoms with Gasteiger partial charge in [0.15, 0.2) is 5.82 Å². The lowest BCUT2D eigenvalue weighted by molar-refractivity contribution is 0.886. The maximum atomic E-state index is 5.98. The first-order valence-electron chi connectivity index (χ1n) is 3.94. The molecular weight excluding hydrogens is 221 g/mol. The predicted molar refractivity (Wildman–Crippen MR) is 58.0 cm³/mol. The van der Waals surface area contributed by atoms with Crippen molar-refractivity contribution in [3.63, 3.8) is 0 Å². The molecule has 2 rings (SSSR count). The molecule has 0 aliphatic carbocycles. The SMILES string of the molecule is Nc1nn(-c2ccccc2Cl)cc1Cl. The normalized spacial score (nSPS) is 10.4. The fraction of sp³-hybridized carbons (Fsp3) is 0. The van der Waals surface area contributed by atoms with Crippen LogP contribution in [-0.2, 0) is 0 Å². The van der Waals surface area contributed by atoms with E-state index in [0.29, 0.717) is 15.9 Å². The van der Waals surface area contributed by atoms with E-state index in [4.69, 9.17) is 28.9 Å². The van der Waals surface area contributed by atoms with Crippen molar-refractivity contribution in [3.8, 4) is 5.69 Å². The van der Waals surface area contributed by atoms with Crippen LogP contribution in [0.25, 0.3) is 5.69 Å². The Morgan fingerprint density at radius 2 is 1.86 bits per heavy atom. The maximum absolute atomic E-state index is 5.98. The van der Waals surface area contributed by atoms with E-state index in [1.807, 2.05) is 18.2 Å². The fourth-order valence-electron chi connectivity index (χ4n) is 1.13. The predicted octanol–water partition coefficient (Wildman–Crippen LogP) is 2.76. The van der Waals surface area contributed by atoms with Gasteiger partial charge in [-0.25, -0.2) is 4.68 Å². The van der Waals surface area contributed by atoms with Crippen molar-refractivity contribution in [2.45, 2.75) is 0 Å². The molecule has 0 atom stereocenters. The number of hydrogen-bond donors (Lipinski definition) is 1. The first-order valence-corrected chi connectivity index (χ1v) is 4.69. The van der Waals surface area contributed by atoms with Crippen molar-refractivity contribution in [1.29, 1.82) is 0 Å². The zero-order chi connectivity index (χ0) is 10.1. The minimum absolute atomic E-state index is 0.298. The monoisotopic (exact) mass is 227 g/mol. The molecule has 0 fully saturated rings. The molecule has 2 aromatic rings. The smallest absolute Gasteiger partial charge is 0.164 e. The molecule has 72 valence electrons. The van der Waals surface area contributed by atoms with E-state index in [0.717, 1.165) is 5.69 Å². The number of aromatic nitrogens is 2. The van der Waals surface area contributed by atoms with Gasteiger partial charge in [-0.1, -0.05) is 35.3 Å². The average Bonchev–Trinajstić information content (AvgIpc) is 2.48. The molecule has 0 saturated carbocycles. The third-order valence-corrected chi connectivity index (χ3v) is 2.41. The van der Waals surface area contributed by atoms with Crippen molar-refractivity contribution >= 4 is 29.0 Å². The van der Waals surface area contributed by atoms with Crippen molar-refractivity contribution < 1.29 is 0 Å². The van der Waals surface area contributed by atoms with Crippen molar-refractivity contribution in [1.82, 2.24) is 9.78 Å². The lowest BCUT2D eigenvalue weighted by Crippen LogP contribution is -1.96. The van der Waals surface area contributed by atoms with Crippen molar-refractivity contribution in [2.24, 2.45) is 0 Å². The summed E-state index contributed by atoms with van der Waals surface area (Å²) in [5.41, 5.74) is 6.28. The lowest BCUT2D eigenvalue weighted by Gasteiger charge is -2.02. The van der Waals surface area contributed by atoms with Crippen LogP contribution in [0.3, 0.4) is 0 Å². The second kappa shape index (κ2) is 3.52. The fourth-order valence-corrected chi connectivity index (χ4v) is 1.48. The summed E-state index contributed by atoms with van der Waals surface area (Å²) in [4.78, 5) is 0. The second-order valence-electron chi connectivity index (χ2n) is 2.76. The number of halogens is 2. The summed E-state index contributed by atoms with van der Waals surface area (Å²) in [7, 11) is 0. The number of benzene rings is 1. The van der Waals surface area contributed by atoms with Gasteiger partial charge >= 0.3 is 0 Å². The topological polar surface area (TPSA) is 43.8 Å².